The van der Waals surface area contributed by atoms with Gasteiger partial charge in [0.25, 0.3) is 0 Å². The zero-order valence-corrected chi connectivity index (χ0v) is 11.9. The Morgan fingerprint density at radius 2 is 2.15 bits per heavy atom. The van der Waals surface area contributed by atoms with Crippen molar-refractivity contribution in [2.45, 2.75) is 25.3 Å². The van der Waals surface area contributed by atoms with Gasteiger partial charge in [-0.3, -0.25) is 0 Å². The predicted molar refractivity (Wildman–Crippen MR) is 77.6 cm³/mol. The van der Waals surface area contributed by atoms with Crippen LogP contribution in [0.25, 0.3) is 0 Å². The zero-order valence-electron chi connectivity index (χ0n) is 11.1. The molecule has 0 atom stereocenters. The minimum absolute atomic E-state index is 0.266. The molecule has 106 valence electrons. The van der Waals surface area contributed by atoms with Crippen LogP contribution in [0.2, 0.25) is 5.02 Å². The second-order valence-corrected chi connectivity index (χ2v) is 5.52. The summed E-state index contributed by atoms with van der Waals surface area (Å²) in [6.45, 7) is 2.03. The molecule has 1 aromatic heterocycles. The van der Waals surface area contributed by atoms with Gasteiger partial charge in [0.05, 0.1) is 0 Å². The molecule has 2 heterocycles. The lowest BCUT2D eigenvalue weighted by atomic mass is 10.1. The van der Waals surface area contributed by atoms with E-state index in [0.29, 0.717) is 23.0 Å². The average molecular weight is 294 g/mol. The van der Waals surface area contributed by atoms with Gasteiger partial charge in [-0.1, -0.05) is 17.7 Å². The molecule has 2 aromatic rings. The monoisotopic (exact) mass is 293 g/mol. The summed E-state index contributed by atoms with van der Waals surface area (Å²) in [6.07, 6.45) is 6.36. The fraction of sp³-hybridized carbons (Fsp3) is 0.400. The molecule has 1 aliphatic heterocycles. The van der Waals surface area contributed by atoms with Gasteiger partial charge >= 0.3 is 0 Å². The summed E-state index contributed by atoms with van der Waals surface area (Å²) in [5, 5.41) is 3.81. The molecule has 5 heteroatoms. The molecule has 3 rings (SSSR count). The van der Waals surface area contributed by atoms with Gasteiger partial charge in [-0.15, -0.1) is 0 Å². The van der Waals surface area contributed by atoms with Gasteiger partial charge in [0.2, 0.25) is 0 Å². The Hall–Kier alpha value is -1.39. The molecular weight excluding hydrogens is 277 g/mol. The van der Waals surface area contributed by atoms with Crippen LogP contribution in [0.1, 0.15) is 30.3 Å². The molecule has 0 radical (unpaired) electrons. The molecule has 1 N–H and O–H groups in total. The Labute approximate surface area is 122 Å². The summed E-state index contributed by atoms with van der Waals surface area (Å²) in [7, 11) is 0. The van der Waals surface area contributed by atoms with Crippen LogP contribution in [0.15, 0.2) is 30.6 Å². The molecule has 1 aromatic carbocycles. The second-order valence-electron chi connectivity index (χ2n) is 5.11. The maximum atomic E-state index is 13.9. The van der Waals surface area contributed by atoms with E-state index in [9.17, 15) is 4.39 Å². The topological polar surface area (TPSA) is 29.9 Å². The number of rotatable bonds is 3. The van der Waals surface area contributed by atoms with E-state index < -0.39 is 0 Å². The Morgan fingerprint density at radius 3 is 2.90 bits per heavy atom. The highest BCUT2D eigenvalue weighted by molar-refractivity contribution is 6.31. The van der Waals surface area contributed by atoms with Crippen molar-refractivity contribution < 1.29 is 4.39 Å². The van der Waals surface area contributed by atoms with Crippen LogP contribution in [0.5, 0.6) is 0 Å². The van der Waals surface area contributed by atoms with Gasteiger partial charge in [0.1, 0.15) is 11.6 Å². The molecule has 20 heavy (non-hydrogen) atoms. The van der Waals surface area contributed by atoms with Gasteiger partial charge in [-0.2, -0.15) is 0 Å². The lowest BCUT2D eigenvalue weighted by molar-refractivity contribution is 0.361. The standard InChI is InChI=1S/C15H17ClFN3/c16-13-2-1-3-14(17)12(13)10-15-19-8-9-20(15)11-4-6-18-7-5-11/h1-3,8-9,11,18H,4-7,10H2. The van der Waals surface area contributed by atoms with Crippen LogP contribution in [0.4, 0.5) is 4.39 Å². The van der Waals surface area contributed by atoms with Crippen molar-refractivity contribution in [1.29, 1.82) is 0 Å². The summed E-state index contributed by atoms with van der Waals surface area (Å²) < 4.78 is 16.1. The Morgan fingerprint density at radius 1 is 1.35 bits per heavy atom. The number of halogens is 2. The van der Waals surface area contributed by atoms with Crippen LogP contribution in [0, 0.1) is 5.82 Å². The van der Waals surface area contributed by atoms with E-state index in [1.807, 2.05) is 6.20 Å². The highest BCUT2D eigenvalue weighted by atomic mass is 35.5. The minimum atomic E-state index is -0.266. The number of aromatic nitrogens is 2. The van der Waals surface area contributed by atoms with Crippen molar-refractivity contribution in [2.24, 2.45) is 0 Å². The first-order valence-electron chi connectivity index (χ1n) is 6.91. The Kier molecular flexibility index (Phi) is 4.03. The maximum Gasteiger partial charge on any atom is 0.128 e. The highest BCUT2D eigenvalue weighted by Crippen LogP contribution is 2.25. The smallest absolute Gasteiger partial charge is 0.128 e. The molecule has 1 saturated heterocycles. The molecular formula is C15H17ClFN3. The van der Waals surface area contributed by atoms with E-state index in [0.717, 1.165) is 31.8 Å². The van der Waals surface area contributed by atoms with Crippen LogP contribution in [0.3, 0.4) is 0 Å². The summed E-state index contributed by atoms with van der Waals surface area (Å²) in [5.41, 5.74) is 0.524. The van der Waals surface area contributed by atoms with Crippen molar-refractivity contribution in [2.75, 3.05) is 13.1 Å². The molecule has 0 saturated carbocycles. The zero-order chi connectivity index (χ0) is 13.9. The Balaban J connectivity index is 1.86. The lowest BCUT2D eigenvalue weighted by Crippen LogP contribution is -2.30. The summed E-state index contributed by atoms with van der Waals surface area (Å²) in [6, 6.07) is 5.23. The van der Waals surface area contributed by atoms with E-state index in [1.165, 1.54) is 6.07 Å². The lowest BCUT2D eigenvalue weighted by Gasteiger charge is -2.25. The van der Waals surface area contributed by atoms with Crippen molar-refractivity contribution in [3.8, 4) is 0 Å². The van der Waals surface area contributed by atoms with Crippen molar-refractivity contribution in [3.05, 3.63) is 52.8 Å². The fourth-order valence-electron chi connectivity index (χ4n) is 2.76. The van der Waals surface area contributed by atoms with E-state index in [4.69, 9.17) is 11.6 Å². The molecule has 0 unspecified atom stereocenters. The summed E-state index contributed by atoms with van der Waals surface area (Å²) >= 11 is 6.10. The SMILES string of the molecule is Fc1cccc(Cl)c1Cc1nccn1C1CCNCC1. The van der Waals surface area contributed by atoms with Gasteiger partial charge < -0.3 is 9.88 Å². The van der Waals surface area contributed by atoms with Crippen LogP contribution in [-0.2, 0) is 6.42 Å². The van der Waals surface area contributed by atoms with Gasteiger partial charge in [0, 0.05) is 35.4 Å². The second kappa shape index (κ2) is 5.94. The van der Waals surface area contributed by atoms with Gasteiger partial charge in [0.15, 0.2) is 0 Å². The normalized spacial score (nSPS) is 16.5. The number of piperidine rings is 1. The third-order valence-corrected chi connectivity index (χ3v) is 4.20. The molecule has 0 aliphatic carbocycles. The first kappa shape index (κ1) is 13.6. The fourth-order valence-corrected chi connectivity index (χ4v) is 2.99. The van der Waals surface area contributed by atoms with E-state index in [-0.39, 0.29) is 5.82 Å². The average Bonchev–Trinajstić information content (AvgIpc) is 2.92. The molecule has 3 nitrogen and oxygen atoms in total. The quantitative estimate of drug-likeness (QED) is 0.942. The van der Waals surface area contributed by atoms with Crippen molar-refractivity contribution in [1.82, 2.24) is 14.9 Å². The van der Waals surface area contributed by atoms with Crippen LogP contribution >= 0.6 is 11.6 Å². The van der Waals surface area contributed by atoms with E-state index >= 15 is 0 Å². The highest BCUT2D eigenvalue weighted by Gasteiger charge is 2.19. The van der Waals surface area contributed by atoms with Gasteiger partial charge in [-0.05, 0) is 38.1 Å². The Bertz CT molecular complexity index is 570. The number of benzene rings is 1. The molecule has 1 fully saturated rings. The predicted octanol–water partition coefficient (Wildman–Crippen LogP) is 3.19. The van der Waals surface area contributed by atoms with Crippen molar-refractivity contribution >= 4 is 11.6 Å². The van der Waals surface area contributed by atoms with Crippen LogP contribution < -0.4 is 5.32 Å². The molecule has 0 amide bonds. The largest absolute Gasteiger partial charge is 0.332 e. The minimum Gasteiger partial charge on any atom is -0.332 e. The van der Waals surface area contributed by atoms with E-state index in [1.54, 1.807) is 18.3 Å². The van der Waals surface area contributed by atoms with Crippen molar-refractivity contribution in [3.63, 3.8) is 0 Å². The number of imidazole rings is 1. The van der Waals surface area contributed by atoms with Crippen LogP contribution in [-0.4, -0.2) is 22.6 Å². The number of nitrogens with one attached hydrogen (secondary N) is 1. The van der Waals surface area contributed by atoms with E-state index in [2.05, 4.69) is 14.9 Å². The maximum absolute atomic E-state index is 13.9. The molecule has 1 aliphatic rings. The third-order valence-electron chi connectivity index (χ3n) is 3.85. The van der Waals surface area contributed by atoms with Gasteiger partial charge in [-0.25, -0.2) is 9.37 Å². The molecule has 0 bridgehead atoms. The number of nitrogens with zero attached hydrogens (tertiary/aromatic N) is 2. The third kappa shape index (κ3) is 2.72. The number of hydrogen-bond donors (Lipinski definition) is 1. The molecule has 0 spiro atoms. The summed E-state index contributed by atoms with van der Waals surface area (Å²) in [4.78, 5) is 4.39. The summed E-state index contributed by atoms with van der Waals surface area (Å²) in [5.74, 6) is 0.612. The number of hydrogen-bond acceptors (Lipinski definition) is 2. The first-order valence-corrected chi connectivity index (χ1v) is 7.29. The first-order chi connectivity index (χ1) is 9.75.